The van der Waals surface area contributed by atoms with Gasteiger partial charge in [0.25, 0.3) is 0 Å². The topological polar surface area (TPSA) is 25.8 Å². The zero-order chi connectivity index (χ0) is 13.1. The average molecular weight is 299 g/mol. The van der Waals surface area contributed by atoms with Crippen LogP contribution >= 0.6 is 35.0 Å². The fraction of sp³-hybridized carbons (Fsp3) is 0.231. The summed E-state index contributed by atoms with van der Waals surface area (Å²) >= 11 is 14.1. The van der Waals surface area contributed by atoms with Crippen molar-refractivity contribution in [3.05, 3.63) is 46.0 Å². The molecule has 0 aliphatic rings. The van der Waals surface area contributed by atoms with E-state index in [-0.39, 0.29) is 0 Å². The van der Waals surface area contributed by atoms with Gasteiger partial charge in [-0.3, -0.25) is 0 Å². The van der Waals surface area contributed by atoms with Crippen molar-refractivity contribution in [3.8, 4) is 11.1 Å². The van der Waals surface area contributed by atoms with E-state index in [1.807, 2.05) is 37.4 Å². The third kappa shape index (κ3) is 2.97. The van der Waals surface area contributed by atoms with Crippen LogP contribution in [0.4, 0.5) is 0 Å². The van der Waals surface area contributed by atoms with Crippen molar-refractivity contribution >= 4 is 35.0 Å². The fourth-order valence-corrected chi connectivity index (χ4v) is 2.71. The summed E-state index contributed by atoms with van der Waals surface area (Å²) < 4.78 is 0. The molecule has 1 heterocycles. The van der Waals surface area contributed by atoms with Gasteiger partial charge in [0.05, 0.1) is 11.3 Å². The first-order valence-electron chi connectivity index (χ1n) is 5.39. The SMILES string of the molecule is CSCc1nc(Cl)c(-c2cccc(C)c2)c(Cl)n1. The van der Waals surface area contributed by atoms with Gasteiger partial charge in [-0.15, -0.1) is 0 Å². The van der Waals surface area contributed by atoms with Crippen LogP contribution in [0.15, 0.2) is 24.3 Å². The van der Waals surface area contributed by atoms with Crippen molar-refractivity contribution in [3.63, 3.8) is 0 Å². The molecule has 0 fully saturated rings. The summed E-state index contributed by atoms with van der Waals surface area (Å²) in [6, 6.07) is 7.96. The second kappa shape index (κ2) is 5.91. The predicted octanol–water partition coefficient (Wildman–Crippen LogP) is 4.62. The van der Waals surface area contributed by atoms with Crippen LogP contribution < -0.4 is 0 Å². The van der Waals surface area contributed by atoms with E-state index in [1.54, 1.807) is 11.8 Å². The molecule has 2 nitrogen and oxygen atoms in total. The van der Waals surface area contributed by atoms with Crippen molar-refractivity contribution in [2.45, 2.75) is 12.7 Å². The highest BCUT2D eigenvalue weighted by Crippen LogP contribution is 2.33. The summed E-state index contributed by atoms with van der Waals surface area (Å²) in [5.41, 5.74) is 2.79. The van der Waals surface area contributed by atoms with E-state index in [2.05, 4.69) is 9.97 Å². The normalized spacial score (nSPS) is 10.7. The molecule has 0 spiro atoms. The smallest absolute Gasteiger partial charge is 0.142 e. The molecule has 0 saturated carbocycles. The molecule has 0 aliphatic carbocycles. The number of hydrogen-bond donors (Lipinski definition) is 0. The van der Waals surface area contributed by atoms with Gasteiger partial charge < -0.3 is 0 Å². The van der Waals surface area contributed by atoms with Gasteiger partial charge in [0, 0.05) is 0 Å². The van der Waals surface area contributed by atoms with Crippen LogP contribution in [-0.2, 0) is 5.75 Å². The summed E-state index contributed by atoms with van der Waals surface area (Å²) in [5.74, 6) is 1.36. The van der Waals surface area contributed by atoms with Crippen molar-refractivity contribution in [1.82, 2.24) is 9.97 Å². The third-order valence-electron chi connectivity index (χ3n) is 2.45. The lowest BCUT2D eigenvalue weighted by molar-refractivity contribution is 1.04. The summed E-state index contributed by atoms with van der Waals surface area (Å²) in [5, 5.41) is 0.814. The zero-order valence-electron chi connectivity index (χ0n) is 10.1. The Morgan fingerprint density at radius 2 is 1.83 bits per heavy atom. The van der Waals surface area contributed by atoms with Gasteiger partial charge >= 0.3 is 0 Å². The van der Waals surface area contributed by atoms with Crippen molar-refractivity contribution in [2.75, 3.05) is 6.26 Å². The van der Waals surface area contributed by atoms with Gasteiger partial charge in [-0.1, -0.05) is 53.0 Å². The van der Waals surface area contributed by atoms with Crippen LogP contribution in [0, 0.1) is 6.92 Å². The van der Waals surface area contributed by atoms with Crippen LogP contribution in [0.1, 0.15) is 11.4 Å². The molecule has 1 aromatic heterocycles. The summed E-state index contributed by atoms with van der Waals surface area (Å²) in [4.78, 5) is 8.56. The quantitative estimate of drug-likeness (QED) is 0.773. The molecule has 2 rings (SSSR count). The number of aromatic nitrogens is 2. The number of rotatable bonds is 3. The van der Waals surface area contributed by atoms with E-state index < -0.39 is 0 Å². The maximum absolute atomic E-state index is 6.21. The van der Waals surface area contributed by atoms with E-state index in [1.165, 1.54) is 0 Å². The molecule has 94 valence electrons. The highest BCUT2D eigenvalue weighted by molar-refractivity contribution is 7.97. The highest BCUT2D eigenvalue weighted by Gasteiger charge is 2.13. The minimum atomic E-state index is 0.407. The minimum absolute atomic E-state index is 0.407. The number of nitrogens with zero attached hydrogens (tertiary/aromatic N) is 2. The first-order valence-corrected chi connectivity index (χ1v) is 7.54. The minimum Gasteiger partial charge on any atom is -0.220 e. The lowest BCUT2D eigenvalue weighted by atomic mass is 10.1. The van der Waals surface area contributed by atoms with Crippen LogP contribution in [-0.4, -0.2) is 16.2 Å². The molecule has 0 bridgehead atoms. The number of benzene rings is 1. The third-order valence-corrected chi connectivity index (χ3v) is 3.54. The zero-order valence-corrected chi connectivity index (χ0v) is 12.4. The Kier molecular flexibility index (Phi) is 4.49. The molecule has 2 aromatic rings. The van der Waals surface area contributed by atoms with Gasteiger partial charge in [0.1, 0.15) is 16.1 Å². The number of hydrogen-bond acceptors (Lipinski definition) is 3. The Labute approximate surface area is 121 Å². The average Bonchev–Trinajstić information content (AvgIpc) is 2.28. The standard InChI is InChI=1S/C13H12Cl2N2S/c1-8-4-3-5-9(6-8)11-12(14)16-10(7-18-2)17-13(11)15/h3-6H,7H2,1-2H3. The molecule has 5 heteroatoms. The Bertz CT molecular complexity index is 550. The second-order valence-electron chi connectivity index (χ2n) is 3.90. The predicted molar refractivity (Wildman–Crippen MR) is 79.4 cm³/mol. The Morgan fingerprint density at radius 3 is 2.39 bits per heavy atom. The van der Waals surface area contributed by atoms with Gasteiger partial charge in [-0.25, -0.2) is 9.97 Å². The second-order valence-corrected chi connectivity index (χ2v) is 5.48. The first kappa shape index (κ1) is 13.7. The van der Waals surface area contributed by atoms with Crippen LogP contribution in [0.25, 0.3) is 11.1 Å². The van der Waals surface area contributed by atoms with E-state index in [0.717, 1.165) is 11.1 Å². The molecular weight excluding hydrogens is 287 g/mol. The van der Waals surface area contributed by atoms with Gasteiger partial charge in [0.15, 0.2) is 0 Å². The molecule has 0 atom stereocenters. The molecule has 0 radical (unpaired) electrons. The van der Waals surface area contributed by atoms with Crippen LogP contribution in [0.3, 0.4) is 0 Å². The molecular formula is C13H12Cl2N2S. The van der Waals surface area contributed by atoms with E-state index in [0.29, 0.717) is 27.4 Å². The monoisotopic (exact) mass is 298 g/mol. The molecule has 0 aliphatic heterocycles. The van der Waals surface area contributed by atoms with Crippen molar-refractivity contribution < 1.29 is 0 Å². The molecule has 18 heavy (non-hydrogen) atoms. The van der Waals surface area contributed by atoms with Crippen molar-refractivity contribution in [1.29, 1.82) is 0 Å². The lowest BCUT2D eigenvalue weighted by Crippen LogP contribution is -1.97. The maximum Gasteiger partial charge on any atom is 0.142 e. The molecule has 0 unspecified atom stereocenters. The summed E-state index contributed by atoms with van der Waals surface area (Å²) in [6.45, 7) is 2.02. The van der Waals surface area contributed by atoms with Gasteiger partial charge in [0.2, 0.25) is 0 Å². The van der Waals surface area contributed by atoms with Crippen LogP contribution in [0.2, 0.25) is 10.3 Å². The van der Waals surface area contributed by atoms with E-state index in [9.17, 15) is 0 Å². The largest absolute Gasteiger partial charge is 0.220 e. The molecule has 1 aromatic carbocycles. The van der Waals surface area contributed by atoms with E-state index >= 15 is 0 Å². The Morgan fingerprint density at radius 1 is 1.17 bits per heavy atom. The number of halogens is 2. The Balaban J connectivity index is 2.51. The Hall–Kier alpha value is -0.770. The fourth-order valence-electron chi connectivity index (χ4n) is 1.68. The summed E-state index contributed by atoms with van der Waals surface area (Å²) in [6.07, 6.45) is 1.99. The first-order chi connectivity index (χ1) is 8.61. The van der Waals surface area contributed by atoms with Crippen LogP contribution in [0.5, 0.6) is 0 Å². The maximum atomic E-state index is 6.21. The molecule has 0 amide bonds. The highest BCUT2D eigenvalue weighted by atomic mass is 35.5. The number of aryl methyl sites for hydroxylation is 1. The van der Waals surface area contributed by atoms with Gasteiger partial charge in [-0.2, -0.15) is 11.8 Å². The lowest BCUT2D eigenvalue weighted by Gasteiger charge is -2.08. The van der Waals surface area contributed by atoms with Gasteiger partial charge in [-0.05, 0) is 18.7 Å². The molecule has 0 saturated heterocycles. The molecule has 0 N–H and O–H groups in total. The summed E-state index contributed by atoms with van der Waals surface area (Å²) in [7, 11) is 0. The van der Waals surface area contributed by atoms with Crippen molar-refractivity contribution in [2.24, 2.45) is 0 Å². The van der Waals surface area contributed by atoms with E-state index in [4.69, 9.17) is 23.2 Å². The number of thioether (sulfide) groups is 1.